The van der Waals surface area contributed by atoms with E-state index in [-0.39, 0.29) is 19.5 Å². The molecule has 0 bridgehead atoms. The SMILES string of the molecule is C1=CCCCCC=C1.C1=CCCCCC=C1.O=S(=O)([O-])C(F)(F)F.[Rh+]. The number of alkyl halides is 3. The second-order valence-corrected chi connectivity index (χ2v) is 6.55. The van der Waals surface area contributed by atoms with Crippen LogP contribution in [0.4, 0.5) is 13.2 Å². The van der Waals surface area contributed by atoms with E-state index in [1.165, 1.54) is 51.4 Å². The Balaban J connectivity index is 0. The number of hydrogen-bond acceptors (Lipinski definition) is 3. The molecule has 2 rings (SSSR count). The normalized spacial score (nSPS) is 17.3. The molecule has 0 aromatic heterocycles. The summed E-state index contributed by atoms with van der Waals surface area (Å²) in [6.45, 7) is 0. The van der Waals surface area contributed by atoms with Crippen LogP contribution in [0.15, 0.2) is 48.6 Å². The molecule has 0 saturated carbocycles. The molecular weight excluding hydrogens is 444 g/mol. The predicted molar refractivity (Wildman–Crippen MR) is 89.2 cm³/mol. The van der Waals surface area contributed by atoms with Gasteiger partial charge in [-0.15, -0.1) is 0 Å². The molecule has 0 spiro atoms. The molecule has 0 aliphatic heterocycles. The van der Waals surface area contributed by atoms with E-state index in [9.17, 15) is 13.2 Å². The van der Waals surface area contributed by atoms with Crippen molar-refractivity contribution in [3.63, 3.8) is 0 Å². The van der Waals surface area contributed by atoms with E-state index in [0.717, 1.165) is 0 Å². The summed E-state index contributed by atoms with van der Waals surface area (Å²) in [4.78, 5) is 0. The van der Waals surface area contributed by atoms with Gasteiger partial charge in [0.2, 0.25) is 0 Å². The van der Waals surface area contributed by atoms with E-state index in [2.05, 4.69) is 48.6 Å². The van der Waals surface area contributed by atoms with Crippen LogP contribution in [-0.2, 0) is 29.6 Å². The minimum atomic E-state index is -6.09. The zero-order valence-electron chi connectivity index (χ0n) is 13.9. The van der Waals surface area contributed by atoms with Gasteiger partial charge < -0.3 is 4.55 Å². The third-order valence-electron chi connectivity index (χ3n) is 3.03. The first-order valence-corrected chi connectivity index (χ1v) is 9.31. The van der Waals surface area contributed by atoms with Gasteiger partial charge in [0.15, 0.2) is 10.1 Å². The van der Waals surface area contributed by atoms with Gasteiger partial charge >= 0.3 is 25.0 Å². The molecule has 0 aromatic rings. The molecule has 2 aliphatic rings. The van der Waals surface area contributed by atoms with Gasteiger partial charge in [0.25, 0.3) is 0 Å². The van der Waals surface area contributed by atoms with E-state index in [4.69, 9.17) is 13.0 Å². The molecule has 0 radical (unpaired) electrons. The summed E-state index contributed by atoms with van der Waals surface area (Å²) in [7, 11) is -6.09. The molecule has 0 N–H and O–H groups in total. The summed E-state index contributed by atoms with van der Waals surface area (Å²) in [6, 6.07) is 0. The molecular formula is C17H24F3O3RhS. The van der Waals surface area contributed by atoms with Gasteiger partial charge in [0.1, 0.15) is 0 Å². The summed E-state index contributed by atoms with van der Waals surface area (Å²) in [5.41, 5.74) is -5.65. The molecule has 8 heteroatoms. The molecule has 2 aliphatic carbocycles. The van der Waals surface area contributed by atoms with Gasteiger partial charge in [0.05, 0.1) is 0 Å². The summed E-state index contributed by atoms with van der Waals surface area (Å²) in [6.07, 6.45) is 28.0. The van der Waals surface area contributed by atoms with Crippen LogP contribution < -0.4 is 0 Å². The Bertz CT molecular complexity index is 480. The van der Waals surface area contributed by atoms with Gasteiger partial charge in [-0.05, 0) is 51.4 Å². The topological polar surface area (TPSA) is 57.2 Å². The van der Waals surface area contributed by atoms with Crippen molar-refractivity contribution in [3.05, 3.63) is 48.6 Å². The average Bonchev–Trinajstić information content (AvgIpc) is 2.35. The first kappa shape index (κ1) is 26.5. The first-order valence-electron chi connectivity index (χ1n) is 7.90. The van der Waals surface area contributed by atoms with Crippen molar-refractivity contribution >= 4 is 10.1 Å². The van der Waals surface area contributed by atoms with Gasteiger partial charge in [-0.2, -0.15) is 13.2 Å². The zero-order valence-corrected chi connectivity index (χ0v) is 16.3. The molecule has 0 heterocycles. The van der Waals surface area contributed by atoms with Crippen LogP contribution in [0.25, 0.3) is 0 Å². The first-order chi connectivity index (χ1) is 11.2. The fourth-order valence-corrected chi connectivity index (χ4v) is 1.75. The smallest absolute Gasteiger partial charge is 0.741 e. The molecule has 0 amide bonds. The maximum atomic E-state index is 10.7. The van der Waals surface area contributed by atoms with Crippen molar-refractivity contribution in [3.8, 4) is 0 Å². The molecule has 0 fully saturated rings. The molecule has 25 heavy (non-hydrogen) atoms. The monoisotopic (exact) mass is 468 g/mol. The molecule has 3 nitrogen and oxygen atoms in total. The van der Waals surface area contributed by atoms with Crippen molar-refractivity contribution in [2.45, 2.75) is 56.9 Å². The van der Waals surface area contributed by atoms with Crippen LogP contribution in [0.5, 0.6) is 0 Å². The average molecular weight is 468 g/mol. The maximum Gasteiger partial charge on any atom is 1.00 e. The largest absolute Gasteiger partial charge is 1.00 e. The van der Waals surface area contributed by atoms with Crippen molar-refractivity contribution in [2.24, 2.45) is 0 Å². The molecule has 0 aromatic carbocycles. The number of halogens is 3. The number of rotatable bonds is 0. The number of allylic oxidation sites excluding steroid dienone is 8. The number of hydrogen-bond donors (Lipinski definition) is 0. The van der Waals surface area contributed by atoms with E-state index < -0.39 is 15.6 Å². The Morgan fingerprint density at radius 3 is 1.04 bits per heavy atom. The van der Waals surface area contributed by atoms with E-state index in [0.29, 0.717) is 0 Å². The third-order valence-corrected chi connectivity index (χ3v) is 3.60. The van der Waals surface area contributed by atoms with Crippen molar-refractivity contribution in [1.82, 2.24) is 0 Å². The van der Waals surface area contributed by atoms with Crippen LogP contribution >= 0.6 is 0 Å². The summed E-state index contributed by atoms with van der Waals surface area (Å²) in [5.74, 6) is 0. The zero-order chi connectivity index (χ0) is 18.3. The van der Waals surface area contributed by atoms with E-state index in [1.807, 2.05) is 0 Å². The Hall–Kier alpha value is -0.717. The van der Waals surface area contributed by atoms with Crippen LogP contribution in [-0.4, -0.2) is 18.5 Å². The Kier molecular flexibility index (Phi) is 16.5. The Labute approximate surface area is 161 Å². The summed E-state index contributed by atoms with van der Waals surface area (Å²) >= 11 is 0. The fourth-order valence-electron chi connectivity index (χ4n) is 1.75. The van der Waals surface area contributed by atoms with E-state index in [1.54, 1.807) is 0 Å². The van der Waals surface area contributed by atoms with Crippen molar-refractivity contribution < 1.29 is 45.6 Å². The summed E-state index contributed by atoms with van der Waals surface area (Å²) in [5, 5.41) is 0. The minimum absolute atomic E-state index is 0. The Morgan fingerprint density at radius 1 is 0.680 bits per heavy atom. The van der Waals surface area contributed by atoms with Crippen LogP contribution in [0.1, 0.15) is 51.4 Å². The van der Waals surface area contributed by atoms with Gasteiger partial charge in [-0.1, -0.05) is 48.6 Å². The van der Waals surface area contributed by atoms with Crippen LogP contribution in [0.3, 0.4) is 0 Å². The third kappa shape index (κ3) is 17.9. The predicted octanol–water partition coefficient (Wildman–Crippen LogP) is 5.39. The van der Waals surface area contributed by atoms with Gasteiger partial charge in [-0.3, -0.25) is 0 Å². The standard InChI is InChI=1S/2C8H12.CHF3O3S.Rh/c2*1-2-4-6-8-7-5-3-1;2-1(3,4)8(5,6)7;/h2*1-4H,5-8H2;(H,5,6,7);/q;;;+1/p-1. The van der Waals surface area contributed by atoms with E-state index >= 15 is 0 Å². The fraction of sp³-hybridized carbons (Fsp3) is 0.529. The van der Waals surface area contributed by atoms with Crippen LogP contribution in [0, 0.1) is 0 Å². The second-order valence-electron chi connectivity index (χ2n) is 5.18. The minimum Gasteiger partial charge on any atom is -0.741 e. The summed E-state index contributed by atoms with van der Waals surface area (Å²) < 4.78 is 58.9. The van der Waals surface area contributed by atoms with Gasteiger partial charge in [0, 0.05) is 0 Å². The van der Waals surface area contributed by atoms with Gasteiger partial charge in [-0.25, -0.2) is 8.42 Å². The van der Waals surface area contributed by atoms with Crippen molar-refractivity contribution in [2.75, 3.05) is 0 Å². The second kappa shape index (κ2) is 15.5. The molecule has 146 valence electrons. The molecule has 0 atom stereocenters. The molecule has 0 unspecified atom stereocenters. The quantitative estimate of drug-likeness (QED) is 0.272. The van der Waals surface area contributed by atoms with Crippen LogP contribution in [0.2, 0.25) is 0 Å². The Morgan fingerprint density at radius 2 is 0.880 bits per heavy atom. The molecule has 0 saturated heterocycles. The van der Waals surface area contributed by atoms with Crippen molar-refractivity contribution in [1.29, 1.82) is 0 Å². The maximum absolute atomic E-state index is 10.7.